The summed E-state index contributed by atoms with van der Waals surface area (Å²) >= 11 is 0. The molecule has 1 aliphatic heterocycles. The standard InChI is InChI=1S/C27H24N4O3/c1-31-10-9-20-15-18(5-7-23(20)31)19-4-6-22-21(16-19)27(30-29-22)28-26(32)14-17-3-8-24-25(13-17)34-12-2-11-33-24/h3-10,13,15-16H,2,11-12,14H2,1H3,(H2,28,29,30,32). The van der Waals surface area contributed by atoms with Gasteiger partial charge in [0.1, 0.15) is 0 Å². The first-order chi connectivity index (χ1) is 16.6. The third-order valence-electron chi connectivity index (χ3n) is 6.22. The molecule has 2 aromatic heterocycles. The Bertz CT molecular complexity index is 1530. The van der Waals surface area contributed by atoms with Crippen LogP contribution in [-0.4, -0.2) is 33.9 Å². The SMILES string of the molecule is Cn1ccc2cc(-c3ccc4[nH]nc(NC(=O)Cc5ccc6c(c5)OCCCO6)c4c3)ccc21. The van der Waals surface area contributed by atoms with Crippen molar-refractivity contribution >= 4 is 33.5 Å². The van der Waals surface area contributed by atoms with Crippen molar-refractivity contribution in [3.63, 3.8) is 0 Å². The summed E-state index contributed by atoms with van der Waals surface area (Å²) in [7, 11) is 2.04. The zero-order valence-corrected chi connectivity index (χ0v) is 18.8. The second-order valence-corrected chi connectivity index (χ2v) is 8.59. The molecule has 0 atom stereocenters. The molecule has 0 saturated heterocycles. The number of amides is 1. The zero-order chi connectivity index (χ0) is 23.1. The Morgan fingerprint density at radius 1 is 1.00 bits per heavy atom. The number of hydrogen-bond donors (Lipinski definition) is 2. The predicted octanol–water partition coefficient (Wildman–Crippen LogP) is 5.06. The fourth-order valence-electron chi connectivity index (χ4n) is 4.43. The van der Waals surface area contributed by atoms with Gasteiger partial charge in [-0.25, -0.2) is 0 Å². The van der Waals surface area contributed by atoms with Gasteiger partial charge in [0, 0.05) is 36.0 Å². The van der Waals surface area contributed by atoms with Crippen molar-refractivity contribution in [2.24, 2.45) is 7.05 Å². The lowest BCUT2D eigenvalue weighted by atomic mass is 10.0. The van der Waals surface area contributed by atoms with Gasteiger partial charge < -0.3 is 19.4 Å². The first-order valence-corrected chi connectivity index (χ1v) is 11.4. The van der Waals surface area contributed by atoms with Crippen molar-refractivity contribution in [1.82, 2.24) is 14.8 Å². The van der Waals surface area contributed by atoms with Crippen LogP contribution in [0.5, 0.6) is 11.5 Å². The van der Waals surface area contributed by atoms with Gasteiger partial charge in [-0.05, 0) is 59.2 Å². The Balaban J connectivity index is 1.24. The van der Waals surface area contributed by atoms with Crippen LogP contribution in [0.15, 0.2) is 66.9 Å². The van der Waals surface area contributed by atoms with Crippen LogP contribution in [0.25, 0.3) is 32.9 Å². The molecular formula is C27H24N4O3. The number of benzene rings is 3. The third-order valence-corrected chi connectivity index (χ3v) is 6.22. The van der Waals surface area contributed by atoms with Gasteiger partial charge in [0.25, 0.3) is 0 Å². The van der Waals surface area contributed by atoms with Crippen LogP contribution in [0.1, 0.15) is 12.0 Å². The van der Waals surface area contributed by atoms with Crippen LogP contribution in [0.3, 0.4) is 0 Å². The topological polar surface area (TPSA) is 81.2 Å². The molecular weight excluding hydrogens is 428 g/mol. The fourth-order valence-corrected chi connectivity index (χ4v) is 4.43. The molecule has 7 heteroatoms. The summed E-state index contributed by atoms with van der Waals surface area (Å²) in [4.78, 5) is 12.8. The molecule has 2 N–H and O–H groups in total. The molecule has 3 heterocycles. The van der Waals surface area contributed by atoms with Gasteiger partial charge >= 0.3 is 0 Å². The average Bonchev–Trinajstić information content (AvgIpc) is 3.33. The number of nitrogens with zero attached hydrogens (tertiary/aromatic N) is 2. The summed E-state index contributed by atoms with van der Waals surface area (Å²) in [5.74, 6) is 1.80. The van der Waals surface area contributed by atoms with Gasteiger partial charge in [-0.3, -0.25) is 9.89 Å². The predicted molar refractivity (Wildman–Crippen MR) is 132 cm³/mol. The Labute approximate surface area is 196 Å². The van der Waals surface area contributed by atoms with E-state index in [-0.39, 0.29) is 12.3 Å². The number of aryl methyl sites for hydroxylation is 1. The van der Waals surface area contributed by atoms with E-state index in [1.165, 1.54) is 10.9 Å². The maximum Gasteiger partial charge on any atom is 0.230 e. The van der Waals surface area contributed by atoms with Crippen LogP contribution in [0, 0.1) is 0 Å². The molecule has 0 bridgehead atoms. The third kappa shape index (κ3) is 3.75. The van der Waals surface area contributed by atoms with E-state index in [4.69, 9.17) is 9.47 Å². The van der Waals surface area contributed by atoms with Crippen molar-refractivity contribution in [3.05, 3.63) is 72.4 Å². The summed E-state index contributed by atoms with van der Waals surface area (Å²) in [5.41, 5.74) is 5.11. The molecule has 0 radical (unpaired) electrons. The molecule has 7 nitrogen and oxygen atoms in total. The molecule has 0 fully saturated rings. The Morgan fingerprint density at radius 3 is 2.74 bits per heavy atom. The lowest BCUT2D eigenvalue weighted by molar-refractivity contribution is -0.115. The lowest BCUT2D eigenvalue weighted by Gasteiger charge is -2.09. The molecule has 1 aliphatic rings. The van der Waals surface area contributed by atoms with Gasteiger partial charge in [-0.2, -0.15) is 5.10 Å². The number of nitrogens with one attached hydrogen (secondary N) is 2. The number of carbonyl (C=O) groups excluding carboxylic acids is 1. The summed E-state index contributed by atoms with van der Waals surface area (Å²) in [6.45, 7) is 1.25. The Hall–Kier alpha value is -4.26. The highest BCUT2D eigenvalue weighted by molar-refractivity contribution is 6.01. The molecule has 0 saturated carbocycles. The number of ether oxygens (including phenoxy) is 2. The fraction of sp³-hybridized carbons (Fsp3) is 0.185. The van der Waals surface area contributed by atoms with Crippen LogP contribution in [0.4, 0.5) is 5.82 Å². The normalized spacial score (nSPS) is 13.2. The van der Waals surface area contributed by atoms with Crippen molar-refractivity contribution in [2.75, 3.05) is 18.5 Å². The minimum atomic E-state index is -0.140. The van der Waals surface area contributed by atoms with Crippen LogP contribution >= 0.6 is 0 Å². The molecule has 6 rings (SSSR count). The summed E-state index contributed by atoms with van der Waals surface area (Å²) in [5, 5.41) is 12.4. The molecule has 3 aromatic carbocycles. The number of aromatic nitrogens is 3. The van der Waals surface area contributed by atoms with Crippen molar-refractivity contribution in [2.45, 2.75) is 12.8 Å². The van der Waals surface area contributed by atoms with Crippen molar-refractivity contribution in [3.8, 4) is 22.6 Å². The zero-order valence-electron chi connectivity index (χ0n) is 18.8. The number of rotatable bonds is 4. The van der Waals surface area contributed by atoms with E-state index >= 15 is 0 Å². The van der Waals surface area contributed by atoms with Crippen LogP contribution in [0.2, 0.25) is 0 Å². The summed E-state index contributed by atoms with van der Waals surface area (Å²) in [6.07, 6.45) is 3.12. The van der Waals surface area contributed by atoms with E-state index in [0.29, 0.717) is 24.8 Å². The molecule has 34 heavy (non-hydrogen) atoms. The molecule has 170 valence electrons. The number of carbonyl (C=O) groups is 1. The van der Waals surface area contributed by atoms with Gasteiger partial charge in [0.2, 0.25) is 5.91 Å². The monoisotopic (exact) mass is 452 g/mol. The minimum Gasteiger partial charge on any atom is -0.490 e. The first kappa shape index (κ1) is 20.4. The van der Waals surface area contributed by atoms with Gasteiger partial charge in [-0.15, -0.1) is 0 Å². The van der Waals surface area contributed by atoms with E-state index in [1.54, 1.807) is 0 Å². The smallest absolute Gasteiger partial charge is 0.230 e. The molecule has 1 amide bonds. The van der Waals surface area contributed by atoms with E-state index in [9.17, 15) is 4.79 Å². The Kier molecular flexibility index (Phi) is 4.95. The largest absolute Gasteiger partial charge is 0.490 e. The van der Waals surface area contributed by atoms with Crippen molar-refractivity contribution < 1.29 is 14.3 Å². The highest BCUT2D eigenvalue weighted by Gasteiger charge is 2.15. The van der Waals surface area contributed by atoms with Gasteiger partial charge in [0.05, 0.1) is 25.2 Å². The molecule has 0 spiro atoms. The maximum atomic E-state index is 12.8. The van der Waals surface area contributed by atoms with E-state index < -0.39 is 0 Å². The van der Waals surface area contributed by atoms with E-state index in [2.05, 4.69) is 62.7 Å². The number of fused-ring (bicyclic) bond motifs is 3. The highest BCUT2D eigenvalue weighted by atomic mass is 16.5. The lowest BCUT2D eigenvalue weighted by Crippen LogP contribution is -2.15. The van der Waals surface area contributed by atoms with Gasteiger partial charge in [-0.1, -0.05) is 18.2 Å². The second kappa shape index (κ2) is 8.26. The Morgan fingerprint density at radius 2 is 1.82 bits per heavy atom. The van der Waals surface area contributed by atoms with E-state index in [1.807, 2.05) is 31.3 Å². The molecule has 0 aliphatic carbocycles. The van der Waals surface area contributed by atoms with E-state index in [0.717, 1.165) is 39.8 Å². The van der Waals surface area contributed by atoms with Crippen LogP contribution < -0.4 is 14.8 Å². The quantitative estimate of drug-likeness (QED) is 0.399. The summed E-state index contributed by atoms with van der Waals surface area (Å²) in [6, 6.07) is 20.3. The number of aromatic amines is 1. The minimum absolute atomic E-state index is 0.140. The number of H-pyrrole nitrogens is 1. The highest BCUT2D eigenvalue weighted by Crippen LogP contribution is 2.32. The first-order valence-electron chi connectivity index (χ1n) is 11.4. The average molecular weight is 453 g/mol. The van der Waals surface area contributed by atoms with Crippen LogP contribution in [-0.2, 0) is 18.3 Å². The molecule has 0 unspecified atom stereocenters. The maximum absolute atomic E-state index is 12.8. The number of hydrogen-bond acceptors (Lipinski definition) is 4. The second-order valence-electron chi connectivity index (χ2n) is 8.59. The number of anilines is 1. The summed E-state index contributed by atoms with van der Waals surface area (Å²) < 4.78 is 13.5. The van der Waals surface area contributed by atoms with Crippen molar-refractivity contribution in [1.29, 1.82) is 0 Å². The molecule has 5 aromatic rings. The van der Waals surface area contributed by atoms with Gasteiger partial charge in [0.15, 0.2) is 17.3 Å².